The molecule has 8 aromatic carbocycles. The normalized spacial score (nSPS) is 11.4. The molecule has 0 aliphatic rings. The summed E-state index contributed by atoms with van der Waals surface area (Å²) in [7, 11) is 0. The second-order valence-corrected chi connectivity index (χ2v) is 15.0. The molecule has 0 atom stereocenters. The number of para-hydroxylation sites is 2. The monoisotopic (exact) mass is 731 g/mol. The smallest absolute Gasteiger partial charge is 0.137 e. The van der Waals surface area contributed by atoms with E-state index in [4.69, 9.17) is 4.98 Å². The lowest BCUT2D eigenvalue weighted by molar-refractivity contribution is 1.08. The van der Waals surface area contributed by atoms with Gasteiger partial charge in [0.05, 0.1) is 22.1 Å². The molecule has 57 heavy (non-hydrogen) atoms. The first kappa shape index (κ1) is 34.3. The van der Waals surface area contributed by atoms with E-state index < -0.39 is 0 Å². The van der Waals surface area contributed by atoms with Crippen molar-refractivity contribution in [3.8, 4) is 33.8 Å². The standard InChI is InChI=1S/C47H33N3.C7H8/c1-30-19-22-44-47(46(30)38-27-33-13-7-6-12-32(33)26-31(38)2)40-29-35(21-24-43(40)50(44)45-18-10-11-25-48-45)34-20-23-42-39(28-34)37-16-8-9-17-41(37)49(42)36-14-4-3-5-15-36;1-7-5-3-2-4-6-7/h3-29H,1-2H3;2-6H,1H3. The van der Waals surface area contributed by atoms with Crippen LogP contribution in [0.25, 0.3) is 88.1 Å². The Morgan fingerprint density at radius 2 is 1.00 bits per heavy atom. The average molecular weight is 732 g/mol. The minimum absolute atomic E-state index is 0.917. The van der Waals surface area contributed by atoms with E-state index >= 15 is 0 Å². The molecule has 0 saturated carbocycles. The largest absolute Gasteiger partial charge is 0.309 e. The Morgan fingerprint density at radius 1 is 0.404 bits per heavy atom. The fourth-order valence-corrected chi connectivity index (χ4v) is 8.64. The van der Waals surface area contributed by atoms with Crippen molar-refractivity contribution in [2.24, 2.45) is 0 Å². The van der Waals surface area contributed by atoms with Crippen LogP contribution in [0, 0.1) is 20.8 Å². The minimum atomic E-state index is 0.917. The van der Waals surface area contributed by atoms with Gasteiger partial charge in [-0.15, -0.1) is 0 Å². The number of pyridine rings is 1. The van der Waals surface area contributed by atoms with E-state index in [1.165, 1.54) is 88.0 Å². The molecule has 0 bridgehead atoms. The molecule has 0 N–H and O–H groups in total. The first-order chi connectivity index (χ1) is 28.0. The van der Waals surface area contributed by atoms with Crippen LogP contribution >= 0.6 is 0 Å². The third kappa shape index (κ3) is 5.96. The molecule has 0 spiro atoms. The number of fused-ring (bicyclic) bond motifs is 7. The summed E-state index contributed by atoms with van der Waals surface area (Å²) in [5, 5.41) is 7.50. The molecule has 3 nitrogen and oxygen atoms in total. The van der Waals surface area contributed by atoms with Gasteiger partial charge in [-0.05, 0) is 132 Å². The topological polar surface area (TPSA) is 22.8 Å². The van der Waals surface area contributed by atoms with Gasteiger partial charge in [-0.25, -0.2) is 4.98 Å². The highest BCUT2D eigenvalue weighted by molar-refractivity contribution is 6.18. The number of benzene rings is 8. The summed E-state index contributed by atoms with van der Waals surface area (Å²) in [5.74, 6) is 0.917. The van der Waals surface area contributed by atoms with Crippen LogP contribution < -0.4 is 0 Å². The van der Waals surface area contributed by atoms with Gasteiger partial charge >= 0.3 is 0 Å². The van der Waals surface area contributed by atoms with Crippen molar-refractivity contribution in [1.82, 2.24) is 14.1 Å². The number of hydrogen-bond donors (Lipinski definition) is 0. The van der Waals surface area contributed by atoms with Crippen LogP contribution in [-0.4, -0.2) is 14.1 Å². The molecule has 0 fully saturated rings. The highest BCUT2D eigenvalue weighted by Gasteiger charge is 2.21. The zero-order valence-electron chi connectivity index (χ0n) is 32.3. The van der Waals surface area contributed by atoms with Gasteiger partial charge in [0.1, 0.15) is 5.82 Å². The van der Waals surface area contributed by atoms with E-state index in [-0.39, 0.29) is 0 Å². The zero-order valence-corrected chi connectivity index (χ0v) is 32.3. The lowest BCUT2D eigenvalue weighted by Gasteiger charge is -2.14. The van der Waals surface area contributed by atoms with Crippen molar-refractivity contribution < 1.29 is 0 Å². The molecule has 0 aliphatic carbocycles. The summed E-state index contributed by atoms with van der Waals surface area (Å²) in [5.41, 5.74) is 14.7. The van der Waals surface area contributed by atoms with Gasteiger partial charge < -0.3 is 4.57 Å². The van der Waals surface area contributed by atoms with Gasteiger partial charge in [0, 0.05) is 33.4 Å². The van der Waals surface area contributed by atoms with Gasteiger partial charge in [-0.1, -0.05) is 127 Å². The maximum Gasteiger partial charge on any atom is 0.137 e. The quantitative estimate of drug-likeness (QED) is 0.177. The van der Waals surface area contributed by atoms with Crippen LogP contribution in [0.5, 0.6) is 0 Å². The molecular formula is C54H41N3. The Kier molecular flexibility index (Phi) is 8.49. The van der Waals surface area contributed by atoms with Crippen LogP contribution in [0.2, 0.25) is 0 Å². The first-order valence-corrected chi connectivity index (χ1v) is 19.6. The van der Waals surface area contributed by atoms with E-state index in [1.807, 2.05) is 30.5 Å². The Labute approximate surface area is 332 Å². The predicted octanol–water partition coefficient (Wildman–Crippen LogP) is 14.4. The number of nitrogens with zero attached hydrogens (tertiary/aromatic N) is 3. The Morgan fingerprint density at radius 3 is 1.70 bits per heavy atom. The Balaban J connectivity index is 0.000000514. The zero-order chi connectivity index (χ0) is 38.5. The summed E-state index contributed by atoms with van der Waals surface area (Å²) in [4.78, 5) is 4.84. The van der Waals surface area contributed by atoms with Crippen LogP contribution in [0.1, 0.15) is 16.7 Å². The first-order valence-electron chi connectivity index (χ1n) is 19.6. The molecule has 0 radical (unpaired) electrons. The van der Waals surface area contributed by atoms with Gasteiger partial charge in [-0.3, -0.25) is 4.57 Å². The Bertz CT molecular complexity index is 3250. The number of aromatic nitrogens is 3. The SMILES string of the molecule is Cc1cc2ccccc2cc1-c1c(C)ccc2c1c1cc(-c3ccc4c(c3)c3ccccc3n4-c3ccccc3)ccc1n2-c1ccccn1.Cc1ccccc1. The molecule has 272 valence electrons. The summed E-state index contributed by atoms with van der Waals surface area (Å²) in [6, 6.07) is 67.6. The molecule has 3 aromatic heterocycles. The van der Waals surface area contributed by atoms with Gasteiger partial charge in [-0.2, -0.15) is 0 Å². The van der Waals surface area contributed by atoms with E-state index in [1.54, 1.807) is 0 Å². The second kappa shape index (κ2) is 14.1. The number of rotatable bonds is 4. The highest BCUT2D eigenvalue weighted by atomic mass is 15.1. The third-order valence-electron chi connectivity index (χ3n) is 11.3. The minimum Gasteiger partial charge on any atom is -0.309 e. The van der Waals surface area contributed by atoms with Gasteiger partial charge in [0.25, 0.3) is 0 Å². The second-order valence-electron chi connectivity index (χ2n) is 15.0. The fraction of sp³-hybridized carbons (Fsp3) is 0.0556. The van der Waals surface area contributed by atoms with Crippen molar-refractivity contribution in [2.45, 2.75) is 20.8 Å². The molecule has 0 amide bonds. The van der Waals surface area contributed by atoms with Crippen LogP contribution in [0.3, 0.4) is 0 Å². The van der Waals surface area contributed by atoms with E-state index in [0.29, 0.717) is 0 Å². The summed E-state index contributed by atoms with van der Waals surface area (Å²) >= 11 is 0. The molecular weight excluding hydrogens is 691 g/mol. The number of hydrogen-bond acceptors (Lipinski definition) is 1. The predicted molar refractivity (Wildman–Crippen MR) is 242 cm³/mol. The van der Waals surface area contributed by atoms with Crippen molar-refractivity contribution in [3.63, 3.8) is 0 Å². The summed E-state index contributed by atoms with van der Waals surface area (Å²) in [6.07, 6.45) is 1.88. The van der Waals surface area contributed by atoms with Crippen molar-refractivity contribution in [1.29, 1.82) is 0 Å². The third-order valence-corrected chi connectivity index (χ3v) is 11.3. The average Bonchev–Trinajstić information content (AvgIpc) is 3.77. The van der Waals surface area contributed by atoms with Crippen LogP contribution in [0.4, 0.5) is 0 Å². The van der Waals surface area contributed by atoms with E-state index in [9.17, 15) is 0 Å². The van der Waals surface area contributed by atoms with E-state index in [0.717, 1.165) is 16.9 Å². The maximum absolute atomic E-state index is 4.84. The molecule has 0 aliphatic heterocycles. The summed E-state index contributed by atoms with van der Waals surface area (Å²) in [6.45, 7) is 6.57. The molecule has 0 saturated heterocycles. The van der Waals surface area contributed by atoms with Crippen molar-refractivity contribution >= 4 is 54.4 Å². The maximum atomic E-state index is 4.84. The lowest BCUT2D eigenvalue weighted by Crippen LogP contribution is -1.97. The van der Waals surface area contributed by atoms with E-state index in [2.05, 4.69) is 194 Å². The molecule has 11 aromatic rings. The van der Waals surface area contributed by atoms with Crippen molar-refractivity contribution in [2.75, 3.05) is 0 Å². The highest BCUT2D eigenvalue weighted by Crippen LogP contribution is 2.44. The molecule has 3 heterocycles. The summed E-state index contributed by atoms with van der Waals surface area (Å²) < 4.78 is 4.70. The van der Waals surface area contributed by atoms with Crippen LogP contribution in [0.15, 0.2) is 194 Å². The Hall–Kier alpha value is -7.23. The van der Waals surface area contributed by atoms with Crippen LogP contribution in [-0.2, 0) is 0 Å². The molecule has 0 unspecified atom stereocenters. The number of aryl methyl sites for hydroxylation is 3. The fourth-order valence-electron chi connectivity index (χ4n) is 8.64. The molecule has 11 rings (SSSR count). The lowest BCUT2D eigenvalue weighted by atomic mass is 9.90. The van der Waals surface area contributed by atoms with Gasteiger partial charge in [0.15, 0.2) is 0 Å². The van der Waals surface area contributed by atoms with Gasteiger partial charge in [0.2, 0.25) is 0 Å². The van der Waals surface area contributed by atoms with Crippen molar-refractivity contribution in [3.05, 3.63) is 211 Å². The molecule has 3 heteroatoms.